The van der Waals surface area contributed by atoms with Gasteiger partial charge in [-0.05, 0) is 66.6 Å². The van der Waals surface area contributed by atoms with E-state index in [0.29, 0.717) is 25.1 Å². The van der Waals surface area contributed by atoms with Crippen LogP contribution < -0.4 is 4.74 Å². The molecule has 0 radical (unpaired) electrons. The Kier molecular flexibility index (Phi) is 4.52. The average Bonchev–Trinajstić information content (AvgIpc) is 2.81. The van der Waals surface area contributed by atoms with E-state index < -0.39 is 11.5 Å². The standard InChI is InChI=1S/C14H16INO4/c1-14(13(18)19)7-2-8-16(14)12(17)9-20-11-5-3-10(15)4-6-11/h3-6H,2,7-9H2,1H3,(H,18,19). The van der Waals surface area contributed by atoms with Gasteiger partial charge >= 0.3 is 5.97 Å². The predicted molar refractivity (Wildman–Crippen MR) is 81.6 cm³/mol. The molecule has 0 aromatic heterocycles. The van der Waals surface area contributed by atoms with Crippen molar-refractivity contribution in [2.75, 3.05) is 13.2 Å². The Labute approximate surface area is 131 Å². The second kappa shape index (κ2) is 5.99. The maximum atomic E-state index is 12.1. The number of carboxylic acid groups (broad SMARTS) is 1. The van der Waals surface area contributed by atoms with Crippen molar-refractivity contribution in [1.29, 1.82) is 0 Å². The minimum Gasteiger partial charge on any atom is -0.484 e. The van der Waals surface area contributed by atoms with Crippen molar-refractivity contribution in [1.82, 2.24) is 4.90 Å². The third-order valence-electron chi connectivity index (χ3n) is 3.58. The monoisotopic (exact) mass is 389 g/mol. The first kappa shape index (κ1) is 15.1. The number of nitrogens with zero attached hydrogens (tertiary/aromatic N) is 1. The lowest BCUT2D eigenvalue weighted by Gasteiger charge is -2.31. The van der Waals surface area contributed by atoms with E-state index >= 15 is 0 Å². The molecule has 0 bridgehead atoms. The van der Waals surface area contributed by atoms with Gasteiger partial charge in [-0.3, -0.25) is 4.79 Å². The van der Waals surface area contributed by atoms with E-state index in [-0.39, 0.29) is 12.5 Å². The number of ether oxygens (including phenoxy) is 1. The molecule has 1 aromatic carbocycles. The fourth-order valence-corrected chi connectivity index (χ4v) is 2.70. The Morgan fingerprint density at radius 3 is 2.65 bits per heavy atom. The smallest absolute Gasteiger partial charge is 0.329 e. The second-order valence-electron chi connectivity index (χ2n) is 4.97. The van der Waals surface area contributed by atoms with Crippen molar-refractivity contribution in [2.24, 2.45) is 0 Å². The maximum Gasteiger partial charge on any atom is 0.329 e. The summed E-state index contributed by atoms with van der Waals surface area (Å²) in [5.74, 6) is -0.640. The van der Waals surface area contributed by atoms with Gasteiger partial charge < -0.3 is 14.7 Å². The lowest BCUT2D eigenvalue weighted by Crippen LogP contribution is -2.52. The van der Waals surface area contributed by atoms with Crippen LogP contribution in [0.3, 0.4) is 0 Å². The van der Waals surface area contributed by atoms with E-state index in [1.807, 2.05) is 12.1 Å². The maximum absolute atomic E-state index is 12.1. The molecule has 0 spiro atoms. The highest BCUT2D eigenvalue weighted by molar-refractivity contribution is 14.1. The molecule has 1 unspecified atom stereocenters. The van der Waals surface area contributed by atoms with Gasteiger partial charge in [0.1, 0.15) is 11.3 Å². The summed E-state index contributed by atoms with van der Waals surface area (Å²) in [6.45, 7) is 1.92. The molecule has 1 atom stereocenters. The van der Waals surface area contributed by atoms with Crippen LogP contribution in [0, 0.1) is 3.57 Å². The van der Waals surface area contributed by atoms with Gasteiger partial charge in [0, 0.05) is 10.1 Å². The first-order chi connectivity index (χ1) is 9.43. The van der Waals surface area contributed by atoms with Gasteiger partial charge in [-0.1, -0.05) is 0 Å². The molecule has 1 aliphatic heterocycles. The molecule has 1 aliphatic rings. The van der Waals surface area contributed by atoms with Crippen LogP contribution in [0.25, 0.3) is 0 Å². The van der Waals surface area contributed by atoms with Gasteiger partial charge in [-0.2, -0.15) is 0 Å². The normalized spacial score (nSPS) is 21.8. The van der Waals surface area contributed by atoms with Crippen LogP contribution in [0.1, 0.15) is 19.8 Å². The van der Waals surface area contributed by atoms with Crippen LogP contribution in [-0.4, -0.2) is 40.6 Å². The molecule has 6 heteroatoms. The Morgan fingerprint density at radius 2 is 2.05 bits per heavy atom. The number of halogens is 1. The Morgan fingerprint density at radius 1 is 1.40 bits per heavy atom. The fourth-order valence-electron chi connectivity index (χ4n) is 2.34. The minimum absolute atomic E-state index is 0.135. The molecule has 0 aliphatic carbocycles. The topological polar surface area (TPSA) is 66.8 Å². The number of rotatable bonds is 4. The molecular formula is C14H16INO4. The number of amides is 1. The summed E-state index contributed by atoms with van der Waals surface area (Å²) in [5.41, 5.74) is -1.10. The van der Waals surface area contributed by atoms with E-state index in [1.54, 1.807) is 19.1 Å². The molecule has 2 rings (SSSR count). The molecule has 1 aromatic rings. The van der Waals surface area contributed by atoms with Crippen molar-refractivity contribution in [3.8, 4) is 5.75 Å². The number of hydrogen-bond donors (Lipinski definition) is 1. The molecule has 1 N–H and O–H groups in total. The highest BCUT2D eigenvalue weighted by atomic mass is 127. The fraction of sp³-hybridized carbons (Fsp3) is 0.429. The molecule has 20 heavy (non-hydrogen) atoms. The minimum atomic E-state index is -1.10. The van der Waals surface area contributed by atoms with Crippen LogP contribution >= 0.6 is 22.6 Å². The van der Waals surface area contributed by atoms with Gasteiger partial charge in [0.15, 0.2) is 6.61 Å². The number of carboxylic acids is 1. The van der Waals surface area contributed by atoms with Gasteiger partial charge in [0.2, 0.25) is 0 Å². The number of hydrogen-bond acceptors (Lipinski definition) is 3. The van der Waals surface area contributed by atoms with Crippen molar-refractivity contribution in [2.45, 2.75) is 25.3 Å². The molecule has 1 fully saturated rings. The molecule has 0 saturated carbocycles. The SMILES string of the molecule is CC1(C(=O)O)CCCN1C(=O)COc1ccc(I)cc1. The van der Waals surface area contributed by atoms with Gasteiger partial charge in [0.05, 0.1) is 0 Å². The van der Waals surface area contributed by atoms with E-state index in [9.17, 15) is 14.7 Å². The van der Waals surface area contributed by atoms with Crippen LogP contribution in [0.5, 0.6) is 5.75 Å². The van der Waals surface area contributed by atoms with Crippen molar-refractivity contribution < 1.29 is 19.4 Å². The summed E-state index contributed by atoms with van der Waals surface area (Å²) in [5, 5.41) is 9.27. The largest absolute Gasteiger partial charge is 0.484 e. The van der Waals surface area contributed by atoms with E-state index in [0.717, 1.165) is 3.57 Å². The lowest BCUT2D eigenvalue weighted by atomic mass is 9.99. The van der Waals surface area contributed by atoms with Crippen LogP contribution in [0.4, 0.5) is 0 Å². The molecule has 108 valence electrons. The third kappa shape index (κ3) is 3.05. The second-order valence-corrected chi connectivity index (χ2v) is 6.22. The molecule has 5 nitrogen and oxygen atoms in total. The summed E-state index contributed by atoms with van der Waals surface area (Å²) >= 11 is 2.18. The van der Waals surface area contributed by atoms with Crippen LogP contribution in [0.15, 0.2) is 24.3 Å². The van der Waals surface area contributed by atoms with E-state index in [4.69, 9.17) is 4.74 Å². The Hall–Kier alpha value is -1.31. The highest BCUT2D eigenvalue weighted by Gasteiger charge is 2.45. The Balaban J connectivity index is 1.98. The number of benzene rings is 1. The number of likely N-dealkylation sites (tertiary alicyclic amines) is 1. The Bertz CT molecular complexity index is 516. The summed E-state index contributed by atoms with van der Waals surface area (Å²) < 4.78 is 6.50. The lowest BCUT2D eigenvalue weighted by molar-refractivity contribution is -0.156. The zero-order valence-electron chi connectivity index (χ0n) is 11.1. The van der Waals surface area contributed by atoms with Crippen molar-refractivity contribution in [3.63, 3.8) is 0 Å². The summed E-state index contributed by atoms with van der Waals surface area (Å²) in [6, 6.07) is 7.35. The van der Waals surface area contributed by atoms with Crippen LogP contribution in [0.2, 0.25) is 0 Å². The molecule has 1 saturated heterocycles. The number of carbonyl (C=O) groups is 2. The number of carbonyl (C=O) groups excluding carboxylic acids is 1. The zero-order valence-corrected chi connectivity index (χ0v) is 13.3. The van der Waals surface area contributed by atoms with Crippen molar-refractivity contribution in [3.05, 3.63) is 27.8 Å². The first-order valence-electron chi connectivity index (χ1n) is 6.36. The first-order valence-corrected chi connectivity index (χ1v) is 7.43. The summed E-state index contributed by atoms with van der Waals surface area (Å²) in [4.78, 5) is 24.9. The molecular weight excluding hydrogens is 373 g/mol. The van der Waals surface area contributed by atoms with Gasteiger partial charge in [-0.15, -0.1) is 0 Å². The van der Waals surface area contributed by atoms with Crippen molar-refractivity contribution >= 4 is 34.5 Å². The van der Waals surface area contributed by atoms with E-state index in [1.165, 1.54) is 4.90 Å². The quantitative estimate of drug-likeness (QED) is 0.802. The molecule has 1 amide bonds. The molecule has 1 heterocycles. The zero-order chi connectivity index (χ0) is 14.8. The van der Waals surface area contributed by atoms with Crippen LogP contribution in [-0.2, 0) is 9.59 Å². The highest BCUT2D eigenvalue weighted by Crippen LogP contribution is 2.29. The predicted octanol–water partition coefficient (Wildman–Crippen LogP) is 2.14. The van der Waals surface area contributed by atoms with Gasteiger partial charge in [-0.25, -0.2) is 4.79 Å². The third-order valence-corrected chi connectivity index (χ3v) is 4.30. The van der Waals surface area contributed by atoms with E-state index in [2.05, 4.69) is 22.6 Å². The van der Waals surface area contributed by atoms with Gasteiger partial charge in [0.25, 0.3) is 5.91 Å². The average molecular weight is 389 g/mol. The summed E-state index contributed by atoms with van der Waals surface area (Å²) in [7, 11) is 0. The number of aliphatic carboxylic acids is 1. The summed E-state index contributed by atoms with van der Waals surface area (Å²) in [6.07, 6.45) is 1.19.